The normalized spacial score (nSPS) is 9.81. The van der Waals surface area contributed by atoms with Crippen LogP contribution in [-0.4, -0.2) is 34.8 Å². The first-order chi connectivity index (χ1) is 11.8. The Bertz CT molecular complexity index is 857. The van der Waals surface area contributed by atoms with Crippen LogP contribution in [0, 0.1) is 5.82 Å². The summed E-state index contributed by atoms with van der Waals surface area (Å²) in [5, 5.41) is 14.1. The number of nitrogens with one attached hydrogen (secondary N) is 2. The number of amides is 1. The average molecular weight is 383 g/mol. The summed E-state index contributed by atoms with van der Waals surface area (Å²) < 4.78 is 13.5. The van der Waals surface area contributed by atoms with E-state index in [1.54, 1.807) is 6.07 Å². The molecule has 0 aliphatic rings. The molecular weight excluding hydrogens is 367 g/mol. The van der Waals surface area contributed by atoms with Crippen LogP contribution >= 0.6 is 11.6 Å². The first-order valence-electron chi connectivity index (χ1n) is 7.15. The first-order valence-corrected chi connectivity index (χ1v) is 7.53. The lowest BCUT2D eigenvalue weighted by atomic mass is 10.1. The van der Waals surface area contributed by atoms with Gasteiger partial charge < -0.3 is 21.2 Å². The van der Waals surface area contributed by atoms with Gasteiger partial charge in [-0.15, -0.1) is 0 Å². The number of carboxylic acid groups (broad SMARTS) is 1. The predicted octanol–water partition coefficient (Wildman–Crippen LogP) is 2.61. The van der Waals surface area contributed by atoms with Crippen molar-refractivity contribution in [1.29, 1.82) is 0 Å². The molecule has 0 radical (unpaired) electrons. The van der Waals surface area contributed by atoms with E-state index in [1.807, 2.05) is 0 Å². The number of carbonyl (C=O) groups is 3. The maximum Gasteiger partial charge on any atom is 0.337 e. The number of Topliss-reactive ketones (excluding diaryl/α,β-unsaturated/α-hetero) is 1. The van der Waals surface area contributed by atoms with E-state index in [9.17, 15) is 18.8 Å². The Morgan fingerprint density at radius 2 is 1.77 bits per heavy atom. The highest BCUT2D eigenvalue weighted by Gasteiger charge is 2.15. The molecule has 9 heteroatoms. The molecule has 2 aromatic rings. The van der Waals surface area contributed by atoms with E-state index in [0.717, 1.165) is 6.07 Å². The minimum absolute atomic E-state index is 0. The fourth-order valence-electron chi connectivity index (χ4n) is 2.13. The lowest BCUT2D eigenvalue weighted by molar-refractivity contribution is -0.114. The number of ketones is 1. The van der Waals surface area contributed by atoms with Gasteiger partial charge in [0.25, 0.3) is 0 Å². The van der Waals surface area contributed by atoms with Crippen LogP contribution in [0.2, 0.25) is 5.02 Å². The zero-order chi connectivity index (χ0) is 18.6. The number of carbonyl (C=O) groups excluding carboxylic acids is 2. The van der Waals surface area contributed by atoms with Crippen LogP contribution in [-0.2, 0) is 4.79 Å². The lowest BCUT2D eigenvalue weighted by Gasteiger charge is -2.12. The van der Waals surface area contributed by atoms with Gasteiger partial charge in [-0.05, 0) is 31.2 Å². The van der Waals surface area contributed by atoms with Gasteiger partial charge in [0, 0.05) is 11.3 Å². The van der Waals surface area contributed by atoms with Crippen LogP contribution in [0.3, 0.4) is 0 Å². The molecule has 2 rings (SSSR count). The highest BCUT2D eigenvalue weighted by Crippen LogP contribution is 2.25. The average Bonchev–Trinajstić information content (AvgIpc) is 2.55. The Balaban J connectivity index is 0.00000338. The van der Waals surface area contributed by atoms with E-state index in [1.165, 1.54) is 31.2 Å². The molecule has 0 saturated carbocycles. The van der Waals surface area contributed by atoms with Crippen LogP contribution < -0.4 is 10.6 Å². The van der Waals surface area contributed by atoms with Gasteiger partial charge in [0.05, 0.1) is 22.8 Å². The zero-order valence-corrected chi connectivity index (χ0v) is 14.4. The fourth-order valence-corrected chi connectivity index (χ4v) is 2.30. The predicted molar refractivity (Wildman–Crippen MR) is 95.5 cm³/mol. The number of benzene rings is 2. The van der Waals surface area contributed by atoms with Crippen molar-refractivity contribution in [3.63, 3.8) is 0 Å². The number of carboxylic acids is 1. The summed E-state index contributed by atoms with van der Waals surface area (Å²) in [6, 6.07) is 8.15. The molecule has 0 unspecified atom stereocenters. The van der Waals surface area contributed by atoms with Crippen molar-refractivity contribution in [2.75, 3.05) is 17.2 Å². The molecule has 1 amide bonds. The molecule has 0 saturated heterocycles. The molecule has 0 atom stereocenters. The zero-order valence-electron chi connectivity index (χ0n) is 13.6. The van der Waals surface area contributed by atoms with Crippen LogP contribution in [0.5, 0.6) is 0 Å². The minimum Gasteiger partial charge on any atom is -0.478 e. The summed E-state index contributed by atoms with van der Waals surface area (Å²) in [6.45, 7) is 0.993. The van der Waals surface area contributed by atoms with E-state index >= 15 is 0 Å². The third-order valence-corrected chi connectivity index (χ3v) is 3.60. The summed E-state index contributed by atoms with van der Waals surface area (Å²) in [5.41, 5.74) is 0.358. The first kappa shape index (κ1) is 21.1. The van der Waals surface area contributed by atoms with Gasteiger partial charge in [-0.1, -0.05) is 23.7 Å². The topological polar surface area (TPSA) is 127 Å². The molecule has 0 heterocycles. The van der Waals surface area contributed by atoms with E-state index in [-0.39, 0.29) is 39.5 Å². The lowest BCUT2D eigenvalue weighted by Crippen LogP contribution is -2.23. The number of anilines is 2. The largest absolute Gasteiger partial charge is 0.478 e. The second-order valence-electron chi connectivity index (χ2n) is 5.12. The van der Waals surface area contributed by atoms with E-state index in [0.29, 0.717) is 0 Å². The third kappa shape index (κ3) is 5.01. The van der Waals surface area contributed by atoms with Gasteiger partial charge in [0.1, 0.15) is 5.82 Å². The van der Waals surface area contributed by atoms with Crippen LogP contribution in [0.25, 0.3) is 0 Å². The van der Waals surface area contributed by atoms with E-state index in [2.05, 4.69) is 10.6 Å². The Morgan fingerprint density at radius 3 is 2.38 bits per heavy atom. The molecular formula is C17H16ClFN2O5. The number of hydrogen-bond acceptors (Lipinski definition) is 4. The standard InChI is InChI=1S/C17H14ClFN2O4.H2O/c1-9(22)11-6-13(19)12(18)7-15(11)20-8-16(23)21-14-5-3-2-4-10(14)17(24)25;/h2-7,20H,8H2,1H3,(H,21,23)(H,24,25);1H2. The molecule has 0 bridgehead atoms. The maximum atomic E-state index is 13.5. The van der Waals surface area contributed by atoms with Crippen LogP contribution in [0.1, 0.15) is 27.6 Å². The van der Waals surface area contributed by atoms with Crippen molar-refractivity contribution >= 4 is 40.6 Å². The summed E-state index contributed by atoms with van der Waals surface area (Å²) >= 11 is 5.70. The Kier molecular flexibility index (Phi) is 7.24. The summed E-state index contributed by atoms with van der Waals surface area (Å²) in [4.78, 5) is 34.7. The highest BCUT2D eigenvalue weighted by molar-refractivity contribution is 6.31. The molecule has 5 N–H and O–H groups in total. The molecule has 138 valence electrons. The molecule has 0 aliphatic carbocycles. The number of hydrogen-bond donors (Lipinski definition) is 3. The SMILES string of the molecule is CC(=O)c1cc(F)c(Cl)cc1NCC(=O)Nc1ccccc1C(=O)O.O. The van der Waals surface area contributed by atoms with Crippen LogP contribution in [0.4, 0.5) is 15.8 Å². The molecule has 0 spiro atoms. The fraction of sp³-hybridized carbons (Fsp3) is 0.118. The minimum atomic E-state index is -1.17. The monoisotopic (exact) mass is 382 g/mol. The van der Waals surface area contributed by atoms with Crippen molar-refractivity contribution in [3.05, 3.63) is 58.4 Å². The molecule has 0 aromatic heterocycles. The number of halogens is 2. The van der Waals surface area contributed by atoms with Gasteiger partial charge in [0.2, 0.25) is 5.91 Å². The molecule has 0 fully saturated rings. The maximum absolute atomic E-state index is 13.5. The quantitative estimate of drug-likeness (QED) is 0.662. The van der Waals surface area contributed by atoms with Gasteiger partial charge in [-0.25, -0.2) is 9.18 Å². The van der Waals surface area contributed by atoms with Gasteiger partial charge >= 0.3 is 5.97 Å². The van der Waals surface area contributed by atoms with Gasteiger partial charge in [-0.3, -0.25) is 9.59 Å². The van der Waals surface area contributed by atoms with Crippen molar-refractivity contribution < 1.29 is 29.4 Å². The number of para-hydroxylation sites is 1. The molecule has 2 aromatic carbocycles. The highest BCUT2D eigenvalue weighted by atomic mass is 35.5. The molecule has 26 heavy (non-hydrogen) atoms. The van der Waals surface area contributed by atoms with Crippen molar-refractivity contribution in [2.45, 2.75) is 6.92 Å². The second kappa shape index (κ2) is 8.93. The van der Waals surface area contributed by atoms with E-state index in [4.69, 9.17) is 16.7 Å². The smallest absolute Gasteiger partial charge is 0.337 e. The van der Waals surface area contributed by atoms with Crippen LogP contribution in [0.15, 0.2) is 36.4 Å². The Hall–Kier alpha value is -2.97. The summed E-state index contributed by atoms with van der Waals surface area (Å²) in [6.07, 6.45) is 0. The third-order valence-electron chi connectivity index (χ3n) is 3.31. The summed E-state index contributed by atoms with van der Waals surface area (Å²) in [7, 11) is 0. The second-order valence-corrected chi connectivity index (χ2v) is 5.53. The molecule has 7 nitrogen and oxygen atoms in total. The number of aromatic carboxylic acids is 1. The number of rotatable bonds is 6. The molecule has 0 aliphatic heterocycles. The van der Waals surface area contributed by atoms with Gasteiger partial charge in [-0.2, -0.15) is 0 Å². The summed E-state index contributed by atoms with van der Waals surface area (Å²) in [5.74, 6) is -2.84. The van der Waals surface area contributed by atoms with Crippen molar-refractivity contribution in [1.82, 2.24) is 0 Å². The Morgan fingerprint density at radius 1 is 1.12 bits per heavy atom. The van der Waals surface area contributed by atoms with Crippen molar-refractivity contribution in [2.24, 2.45) is 0 Å². The van der Waals surface area contributed by atoms with Crippen molar-refractivity contribution in [3.8, 4) is 0 Å². The van der Waals surface area contributed by atoms with Gasteiger partial charge in [0.15, 0.2) is 5.78 Å². The Labute approximate surface area is 153 Å². The van der Waals surface area contributed by atoms with E-state index < -0.39 is 23.5 Å².